The van der Waals surface area contributed by atoms with Crippen LogP contribution in [0, 0.1) is 0 Å². The number of aliphatic hydroxyl groups excluding tert-OH is 1. The van der Waals surface area contributed by atoms with Gasteiger partial charge < -0.3 is 10.0 Å². The fraction of sp³-hybridized carbons (Fsp3) is 0.364. The molecule has 1 aromatic carbocycles. The lowest BCUT2D eigenvalue weighted by atomic mass is 10.2. The van der Waals surface area contributed by atoms with Crippen molar-refractivity contribution in [3.63, 3.8) is 0 Å². The van der Waals surface area contributed by atoms with Crippen LogP contribution in [0.5, 0.6) is 0 Å². The molecule has 2 rings (SSSR count). The summed E-state index contributed by atoms with van der Waals surface area (Å²) in [4.78, 5) is 13.6. The van der Waals surface area contributed by atoms with Gasteiger partial charge in [0.05, 0.1) is 6.10 Å². The molecule has 0 aliphatic carbocycles. The molecule has 15 heavy (non-hydrogen) atoms. The Morgan fingerprint density at radius 2 is 2.33 bits per heavy atom. The summed E-state index contributed by atoms with van der Waals surface area (Å²) >= 11 is 3.33. The van der Waals surface area contributed by atoms with Crippen LogP contribution in [0.1, 0.15) is 16.8 Å². The first-order valence-corrected chi connectivity index (χ1v) is 5.69. The fourth-order valence-corrected chi connectivity index (χ4v) is 2.13. The summed E-state index contributed by atoms with van der Waals surface area (Å²) in [6, 6.07) is 7.31. The average Bonchev–Trinajstić information content (AvgIpc) is 2.64. The second-order valence-corrected chi connectivity index (χ2v) is 4.62. The lowest BCUT2D eigenvalue weighted by Crippen LogP contribution is -2.29. The smallest absolute Gasteiger partial charge is 0.253 e. The van der Waals surface area contributed by atoms with Crippen molar-refractivity contribution in [2.24, 2.45) is 0 Å². The van der Waals surface area contributed by atoms with Crippen molar-refractivity contribution in [3.05, 3.63) is 34.3 Å². The molecule has 1 amide bonds. The number of halogens is 1. The maximum atomic E-state index is 11.9. The molecule has 1 saturated heterocycles. The van der Waals surface area contributed by atoms with E-state index in [1.54, 1.807) is 17.0 Å². The zero-order valence-corrected chi connectivity index (χ0v) is 9.77. The van der Waals surface area contributed by atoms with Gasteiger partial charge in [-0.3, -0.25) is 4.79 Å². The topological polar surface area (TPSA) is 40.5 Å². The minimum absolute atomic E-state index is 0.00662. The van der Waals surface area contributed by atoms with E-state index in [9.17, 15) is 9.90 Å². The molecule has 1 aliphatic rings. The molecule has 0 unspecified atom stereocenters. The molecule has 0 saturated carbocycles. The van der Waals surface area contributed by atoms with Crippen LogP contribution in [0.4, 0.5) is 0 Å². The van der Waals surface area contributed by atoms with Crippen molar-refractivity contribution in [2.45, 2.75) is 12.5 Å². The third-order valence-electron chi connectivity index (χ3n) is 2.52. The first-order valence-electron chi connectivity index (χ1n) is 4.90. The largest absolute Gasteiger partial charge is 0.391 e. The summed E-state index contributed by atoms with van der Waals surface area (Å²) in [7, 11) is 0. The minimum Gasteiger partial charge on any atom is -0.391 e. The van der Waals surface area contributed by atoms with Crippen LogP contribution in [0.3, 0.4) is 0 Å². The van der Waals surface area contributed by atoms with Crippen LogP contribution < -0.4 is 0 Å². The number of β-amino-alcohol motifs (C(OH)–C–C–N with tert-alkyl or cyclic N) is 1. The van der Waals surface area contributed by atoms with Gasteiger partial charge in [-0.2, -0.15) is 0 Å². The van der Waals surface area contributed by atoms with E-state index in [2.05, 4.69) is 15.9 Å². The Bertz CT molecular complexity index is 381. The van der Waals surface area contributed by atoms with Crippen molar-refractivity contribution >= 4 is 21.8 Å². The van der Waals surface area contributed by atoms with Crippen molar-refractivity contribution in [1.82, 2.24) is 4.90 Å². The molecule has 1 aromatic rings. The lowest BCUT2D eigenvalue weighted by Gasteiger charge is -2.15. The number of aliphatic hydroxyl groups is 1. The number of amides is 1. The van der Waals surface area contributed by atoms with Gasteiger partial charge in [-0.1, -0.05) is 22.0 Å². The predicted octanol–water partition coefficient (Wildman–Crippen LogP) is 1.66. The maximum absolute atomic E-state index is 11.9. The number of carbonyl (C=O) groups is 1. The molecular formula is C11H12BrNO2. The van der Waals surface area contributed by atoms with E-state index in [0.29, 0.717) is 25.1 Å². The van der Waals surface area contributed by atoms with E-state index < -0.39 is 0 Å². The molecule has 0 bridgehead atoms. The Hall–Kier alpha value is -0.870. The van der Waals surface area contributed by atoms with Crippen LogP contribution in [0.15, 0.2) is 28.7 Å². The van der Waals surface area contributed by atoms with Gasteiger partial charge in [0.2, 0.25) is 0 Å². The molecule has 0 aromatic heterocycles. The van der Waals surface area contributed by atoms with Crippen molar-refractivity contribution in [3.8, 4) is 0 Å². The van der Waals surface area contributed by atoms with Gasteiger partial charge in [-0.25, -0.2) is 0 Å². The highest BCUT2D eigenvalue weighted by molar-refractivity contribution is 9.10. The molecule has 0 spiro atoms. The van der Waals surface area contributed by atoms with Gasteiger partial charge >= 0.3 is 0 Å². The van der Waals surface area contributed by atoms with Crippen molar-refractivity contribution in [1.29, 1.82) is 0 Å². The Balaban J connectivity index is 2.14. The maximum Gasteiger partial charge on any atom is 0.253 e. The highest BCUT2D eigenvalue weighted by Gasteiger charge is 2.25. The Labute approximate surface area is 96.8 Å². The summed E-state index contributed by atoms with van der Waals surface area (Å²) < 4.78 is 0.896. The average molecular weight is 270 g/mol. The highest BCUT2D eigenvalue weighted by Crippen LogP contribution is 2.16. The van der Waals surface area contributed by atoms with E-state index in [1.165, 1.54) is 0 Å². The summed E-state index contributed by atoms with van der Waals surface area (Å²) in [6.45, 7) is 1.10. The van der Waals surface area contributed by atoms with Crippen molar-refractivity contribution < 1.29 is 9.90 Å². The zero-order chi connectivity index (χ0) is 10.8. The molecule has 4 heteroatoms. The normalized spacial score (nSPS) is 20.7. The number of carbonyl (C=O) groups excluding carboxylic acids is 1. The summed E-state index contributed by atoms with van der Waals surface area (Å²) in [6.07, 6.45) is 0.320. The van der Waals surface area contributed by atoms with Crippen molar-refractivity contribution in [2.75, 3.05) is 13.1 Å². The predicted molar refractivity (Wildman–Crippen MR) is 60.7 cm³/mol. The van der Waals surface area contributed by atoms with Crippen LogP contribution in [-0.4, -0.2) is 35.1 Å². The first-order chi connectivity index (χ1) is 7.16. The van der Waals surface area contributed by atoms with Gasteiger partial charge in [0.15, 0.2) is 0 Å². The molecule has 80 valence electrons. The SMILES string of the molecule is O=C(c1cccc(Br)c1)N1CC[C@@H](O)C1. The Kier molecular flexibility index (Phi) is 3.07. The number of hydrogen-bond donors (Lipinski definition) is 1. The standard InChI is InChI=1S/C11H12BrNO2/c12-9-3-1-2-8(6-9)11(15)13-5-4-10(14)7-13/h1-3,6,10,14H,4-5,7H2/t10-/m1/s1. The molecule has 3 nitrogen and oxygen atoms in total. The summed E-state index contributed by atoms with van der Waals surface area (Å²) in [5.41, 5.74) is 0.665. The van der Waals surface area contributed by atoms with Gasteiger partial charge in [0, 0.05) is 23.1 Å². The second kappa shape index (κ2) is 4.33. The molecule has 1 heterocycles. The van der Waals surface area contributed by atoms with Gasteiger partial charge in [-0.05, 0) is 24.6 Å². The van der Waals surface area contributed by atoms with E-state index >= 15 is 0 Å². The van der Waals surface area contributed by atoms with Crippen LogP contribution in [0.25, 0.3) is 0 Å². The van der Waals surface area contributed by atoms with Gasteiger partial charge in [0.1, 0.15) is 0 Å². The van der Waals surface area contributed by atoms with E-state index in [0.717, 1.165) is 4.47 Å². The quantitative estimate of drug-likeness (QED) is 0.843. The molecule has 1 atom stereocenters. The van der Waals surface area contributed by atoms with E-state index in [4.69, 9.17) is 0 Å². The molecule has 1 aliphatic heterocycles. The van der Waals surface area contributed by atoms with E-state index in [1.807, 2.05) is 12.1 Å². The molecule has 1 fully saturated rings. The number of likely N-dealkylation sites (tertiary alicyclic amines) is 1. The molecular weight excluding hydrogens is 258 g/mol. The molecule has 0 radical (unpaired) electrons. The van der Waals surface area contributed by atoms with Crippen LogP contribution in [-0.2, 0) is 0 Å². The highest BCUT2D eigenvalue weighted by atomic mass is 79.9. The summed E-state index contributed by atoms with van der Waals surface area (Å²) in [5.74, 6) is -0.00662. The third kappa shape index (κ3) is 2.38. The third-order valence-corrected chi connectivity index (χ3v) is 3.02. The monoisotopic (exact) mass is 269 g/mol. The second-order valence-electron chi connectivity index (χ2n) is 3.70. The fourth-order valence-electron chi connectivity index (χ4n) is 1.73. The summed E-state index contributed by atoms with van der Waals surface area (Å²) in [5, 5.41) is 9.35. The molecule has 1 N–H and O–H groups in total. The van der Waals surface area contributed by atoms with Crippen LogP contribution in [0.2, 0.25) is 0 Å². The number of nitrogens with zero attached hydrogens (tertiary/aromatic N) is 1. The Morgan fingerprint density at radius 1 is 1.53 bits per heavy atom. The minimum atomic E-state index is -0.360. The number of rotatable bonds is 1. The number of hydrogen-bond acceptors (Lipinski definition) is 2. The number of benzene rings is 1. The zero-order valence-electron chi connectivity index (χ0n) is 8.19. The van der Waals surface area contributed by atoms with Crippen LogP contribution >= 0.6 is 15.9 Å². The Morgan fingerprint density at radius 3 is 2.93 bits per heavy atom. The van der Waals surface area contributed by atoms with E-state index in [-0.39, 0.29) is 12.0 Å². The lowest BCUT2D eigenvalue weighted by molar-refractivity contribution is 0.0765. The van der Waals surface area contributed by atoms with Gasteiger partial charge in [-0.15, -0.1) is 0 Å². The van der Waals surface area contributed by atoms with Gasteiger partial charge in [0.25, 0.3) is 5.91 Å². The first kappa shape index (κ1) is 10.6.